The number of fused-ring (bicyclic) bond motifs is 2. The van der Waals surface area contributed by atoms with Crippen LogP contribution >= 0.6 is 0 Å². The molecule has 0 aliphatic carbocycles. The summed E-state index contributed by atoms with van der Waals surface area (Å²) < 4.78 is 31.8. The monoisotopic (exact) mass is 793 g/mol. The molecule has 14 nitrogen and oxygen atoms in total. The lowest BCUT2D eigenvalue weighted by Gasteiger charge is -2.33. The fourth-order valence-electron chi connectivity index (χ4n) is 7.67. The number of piperidine rings is 1. The Kier molecular flexibility index (Phi) is 10.6. The zero-order chi connectivity index (χ0) is 41.2. The molecule has 1 fully saturated rings. The molecule has 0 spiro atoms. The van der Waals surface area contributed by atoms with Gasteiger partial charge < -0.3 is 38.9 Å². The molecule has 1 aliphatic rings. The summed E-state index contributed by atoms with van der Waals surface area (Å²) in [5, 5.41) is 6.38. The topological polar surface area (TPSA) is 158 Å². The molecule has 1 saturated heterocycles. The second kappa shape index (κ2) is 16.3. The molecule has 59 heavy (non-hydrogen) atoms. The third kappa shape index (κ3) is 7.36. The van der Waals surface area contributed by atoms with Gasteiger partial charge in [0, 0.05) is 53.0 Å². The predicted molar refractivity (Wildman–Crippen MR) is 224 cm³/mol. The molecular formula is C45H43N7O7. The summed E-state index contributed by atoms with van der Waals surface area (Å²) in [6.45, 7) is 5.31. The van der Waals surface area contributed by atoms with Gasteiger partial charge in [0.15, 0.2) is 22.9 Å². The number of carbonyl (C=O) groups excluding carboxylic acids is 2. The molecule has 7 aromatic rings. The number of nitrogens with two attached hydrogens (primary N) is 1. The van der Waals surface area contributed by atoms with Crippen LogP contribution in [0.1, 0.15) is 34.8 Å². The molecule has 1 amide bonds. The van der Waals surface area contributed by atoms with Crippen molar-refractivity contribution in [3.05, 3.63) is 121 Å². The number of ether oxygens (including phenoxy) is 5. The molecule has 1 aliphatic heterocycles. The highest BCUT2D eigenvalue weighted by atomic mass is 16.5. The quantitative estimate of drug-likeness (QED) is 0.0910. The van der Waals surface area contributed by atoms with E-state index in [1.165, 1.54) is 27.7 Å². The maximum atomic E-state index is 14.2. The van der Waals surface area contributed by atoms with E-state index < -0.39 is 0 Å². The zero-order valence-corrected chi connectivity index (χ0v) is 33.2. The molecule has 8 rings (SSSR count). The minimum atomic E-state index is -0.263. The van der Waals surface area contributed by atoms with Crippen LogP contribution in [0, 0.1) is 0 Å². The molecule has 2 N–H and O–H groups in total. The summed E-state index contributed by atoms with van der Waals surface area (Å²) >= 11 is 0. The smallest absolute Gasteiger partial charge is 0.251 e. The van der Waals surface area contributed by atoms with Crippen molar-refractivity contribution in [3.8, 4) is 45.8 Å². The first-order valence-electron chi connectivity index (χ1n) is 19.0. The molecule has 4 aromatic carbocycles. The van der Waals surface area contributed by atoms with Crippen LogP contribution in [0.4, 0.5) is 5.82 Å². The Labute approximate surface area is 340 Å². The summed E-state index contributed by atoms with van der Waals surface area (Å²) in [6, 6.07) is 25.7. The van der Waals surface area contributed by atoms with Crippen molar-refractivity contribution in [2.75, 3.05) is 47.3 Å². The Hall–Kier alpha value is -7.35. The number of aromatic nitrogens is 5. The average Bonchev–Trinajstić information content (AvgIpc) is 3.85. The number of hydrogen-bond donors (Lipinski definition) is 1. The molecular weight excluding hydrogens is 751 g/mol. The van der Waals surface area contributed by atoms with Crippen molar-refractivity contribution in [1.82, 2.24) is 29.2 Å². The van der Waals surface area contributed by atoms with Crippen LogP contribution in [-0.4, -0.2) is 82.4 Å². The van der Waals surface area contributed by atoms with E-state index in [9.17, 15) is 9.59 Å². The predicted octanol–water partition coefficient (Wildman–Crippen LogP) is 7.51. The lowest BCUT2D eigenvalue weighted by molar-refractivity contribution is -0.129. The number of hydrogen-bond acceptors (Lipinski definition) is 11. The Morgan fingerprint density at radius 3 is 2.25 bits per heavy atom. The Bertz CT molecular complexity index is 2680. The van der Waals surface area contributed by atoms with Crippen molar-refractivity contribution in [3.63, 3.8) is 0 Å². The first-order chi connectivity index (χ1) is 28.7. The molecule has 0 bridgehead atoms. The molecule has 0 radical (unpaired) electrons. The first kappa shape index (κ1) is 38.5. The molecule has 1 atom stereocenters. The molecule has 0 unspecified atom stereocenters. The number of anilines is 1. The van der Waals surface area contributed by atoms with Crippen molar-refractivity contribution in [2.45, 2.75) is 25.4 Å². The molecule has 3 aromatic heterocycles. The van der Waals surface area contributed by atoms with Gasteiger partial charge in [-0.2, -0.15) is 5.10 Å². The SMILES string of the molecule is C=C(Cn1cc(C(=O)c2cc(OC)c(OC)c(OC)c2)c2ccc(OC)cc21)C(=O)N1CCC[C@@H](n2nc(-c3ccc(Oc4ccccc4)cc3)c3c(N)ncnc32)C1. The lowest BCUT2D eigenvalue weighted by atomic mass is 10.0. The number of benzene rings is 4. The summed E-state index contributed by atoms with van der Waals surface area (Å²) in [7, 11) is 6.08. The van der Waals surface area contributed by atoms with Crippen molar-refractivity contribution < 1.29 is 33.3 Å². The van der Waals surface area contributed by atoms with Crippen LogP contribution in [0.25, 0.3) is 33.2 Å². The first-order valence-corrected chi connectivity index (χ1v) is 19.0. The minimum absolute atomic E-state index is 0.134. The van der Waals surface area contributed by atoms with E-state index in [1.807, 2.05) is 76.0 Å². The van der Waals surface area contributed by atoms with E-state index in [4.69, 9.17) is 34.5 Å². The van der Waals surface area contributed by atoms with Gasteiger partial charge in [-0.1, -0.05) is 24.8 Å². The number of nitrogen functional groups attached to an aromatic ring is 1. The molecule has 0 saturated carbocycles. The van der Waals surface area contributed by atoms with E-state index in [2.05, 4.69) is 16.5 Å². The normalized spacial score (nSPS) is 14.0. The molecule has 4 heterocycles. The Balaban J connectivity index is 1.05. The van der Waals surface area contributed by atoms with Gasteiger partial charge in [-0.3, -0.25) is 9.59 Å². The summed E-state index contributed by atoms with van der Waals surface area (Å²) in [5.41, 5.74) is 10.3. The minimum Gasteiger partial charge on any atom is -0.497 e. The van der Waals surface area contributed by atoms with Crippen LogP contribution < -0.4 is 29.4 Å². The maximum absolute atomic E-state index is 14.2. The number of nitrogens with zero attached hydrogens (tertiary/aromatic N) is 6. The van der Waals surface area contributed by atoms with Crippen LogP contribution in [0.5, 0.6) is 34.5 Å². The fourth-order valence-corrected chi connectivity index (χ4v) is 7.67. The van der Waals surface area contributed by atoms with Gasteiger partial charge in [0.05, 0.1) is 51.9 Å². The van der Waals surface area contributed by atoms with E-state index >= 15 is 0 Å². The van der Waals surface area contributed by atoms with Crippen LogP contribution in [-0.2, 0) is 11.3 Å². The maximum Gasteiger partial charge on any atom is 0.251 e. The van der Waals surface area contributed by atoms with Gasteiger partial charge in [0.2, 0.25) is 5.75 Å². The van der Waals surface area contributed by atoms with Crippen LogP contribution in [0.15, 0.2) is 110 Å². The summed E-state index contributed by atoms with van der Waals surface area (Å²) in [5.74, 6) is 2.98. The van der Waals surface area contributed by atoms with E-state index in [0.29, 0.717) is 92.0 Å². The number of para-hydroxylation sites is 1. The summed E-state index contributed by atoms with van der Waals surface area (Å²) in [4.78, 5) is 39.1. The van der Waals surface area contributed by atoms with Gasteiger partial charge >= 0.3 is 0 Å². The summed E-state index contributed by atoms with van der Waals surface area (Å²) in [6.07, 6.45) is 4.69. The van der Waals surface area contributed by atoms with Gasteiger partial charge in [-0.15, -0.1) is 0 Å². The number of likely N-dealkylation sites (tertiary alicyclic amines) is 1. The number of amides is 1. The second-order valence-corrected chi connectivity index (χ2v) is 14.1. The lowest BCUT2D eigenvalue weighted by Crippen LogP contribution is -2.42. The van der Waals surface area contributed by atoms with Gasteiger partial charge in [-0.25, -0.2) is 14.6 Å². The molecule has 14 heteroatoms. The van der Waals surface area contributed by atoms with E-state index in [1.54, 1.807) is 36.4 Å². The number of carbonyl (C=O) groups is 2. The van der Waals surface area contributed by atoms with Gasteiger partial charge in [0.25, 0.3) is 5.91 Å². The Morgan fingerprint density at radius 2 is 1.56 bits per heavy atom. The highest BCUT2D eigenvalue weighted by Gasteiger charge is 2.30. The van der Waals surface area contributed by atoms with E-state index in [0.717, 1.165) is 24.2 Å². The van der Waals surface area contributed by atoms with Crippen molar-refractivity contribution in [2.24, 2.45) is 0 Å². The largest absolute Gasteiger partial charge is 0.497 e. The third-order valence-electron chi connectivity index (χ3n) is 10.6. The van der Waals surface area contributed by atoms with Crippen LogP contribution in [0.3, 0.4) is 0 Å². The Morgan fingerprint density at radius 1 is 0.847 bits per heavy atom. The number of rotatable bonds is 13. The van der Waals surface area contributed by atoms with Crippen molar-refractivity contribution in [1.29, 1.82) is 0 Å². The van der Waals surface area contributed by atoms with E-state index in [-0.39, 0.29) is 24.3 Å². The second-order valence-electron chi connectivity index (χ2n) is 14.1. The number of methoxy groups -OCH3 is 4. The van der Waals surface area contributed by atoms with Crippen molar-refractivity contribution >= 4 is 39.4 Å². The highest BCUT2D eigenvalue weighted by molar-refractivity contribution is 6.17. The average molecular weight is 794 g/mol. The van der Waals surface area contributed by atoms with Gasteiger partial charge in [-0.05, 0) is 73.5 Å². The highest BCUT2D eigenvalue weighted by Crippen LogP contribution is 2.40. The zero-order valence-electron chi connectivity index (χ0n) is 33.2. The standard InChI is InChI=1S/C45H43N7O7/c1-27(23-51-25-35(34-18-17-33(55-2)22-36(34)51)41(53)29-20-37(56-3)42(58-5)38(21-29)57-4)45(54)50-19-9-10-30(24-50)52-44-39(43(46)47-26-48-44)40(49-52)28-13-15-32(16-14-28)59-31-11-7-6-8-12-31/h6-8,11-18,20-22,25-26,30H,1,9-10,19,23-24H2,2-5H3,(H2,46,47,48)/t30-/m1/s1. The fraction of sp³-hybridized carbons (Fsp3) is 0.222. The van der Waals surface area contributed by atoms with Gasteiger partial charge in [0.1, 0.15) is 35.1 Å². The third-order valence-corrected chi connectivity index (χ3v) is 10.6. The van der Waals surface area contributed by atoms with Crippen LogP contribution in [0.2, 0.25) is 0 Å². The molecule has 300 valence electrons. The number of ketones is 1.